The molecule has 4 rings (SSSR count). The van der Waals surface area contributed by atoms with Gasteiger partial charge < -0.3 is 23.7 Å². The molecule has 0 bridgehead atoms. The summed E-state index contributed by atoms with van der Waals surface area (Å²) in [6.45, 7) is 8.13. The Hall–Kier alpha value is -1.62. The molecule has 0 amide bonds. The summed E-state index contributed by atoms with van der Waals surface area (Å²) < 4.78 is 55.0. The molecule has 10 heteroatoms. The molecule has 4 heterocycles. The van der Waals surface area contributed by atoms with Crippen LogP contribution >= 0.6 is 0 Å². The van der Waals surface area contributed by atoms with E-state index in [4.69, 9.17) is 28.5 Å². The van der Waals surface area contributed by atoms with Gasteiger partial charge in [0.05, 0.1) is 32.5 Å². The zero-order valence-corrected chi connectivity index (χ0v) is 16.9. The van der Waals surface area contributed by atoms with Gasteiger partial charge in [-0.15, -0.1) is 0 Å². The van der Waals surface area contributed by atoms with Crippen molar-refractivity contribution >= 4 is 5.97 Å². The highest BCUT2D eigenvalue weighted by Crippen LogP contribution is 2.34. The number of hydrogen-bond donors (Lipinski definition) is 1. The highest BCUT2D eigenvalue weighted by Gasteiger charge is 2.46. The zero-order chi connectivity index (χ0) is 21.7. The quantitative estimate of drug-likeness (QED) is 0.762. The Kier molecular flexibility index (Phi) is 7.78. The Morgan fingerprint density at radius 3 is 2.53 bits per heavy atom. The largest absolute Gasteiger partial charge is 0.490 e. The van der Waals surface area contributed by atoms with Crippen LogP contribution in [-0.2, 0) is 25.5 Å². The second kappa shape index (κ2) is 10.1. The van der Waals surface area contributed by atoms with E-state index in [9.17, 15) is 13.2 Å². The molecule has 1 N–H and O–H groups in total. The number of aliphatic carboxylic acids is 1. The standard InChI is InChI=1S/C18H27NO4.C2HF3O2/c1-13-2-3-15(23-13)8-19-9-18(16-11-21-12-17(16)19)22-10-14-4-6-20-7-5-14;3-2(4,5)1(6)7/h2-3,14,16-18H,4-12H2,1H3;(H,6,7)/t16-,17+,18-;/m0./s1. The Labute approximate surface area is 173 Å². The van der Waals surface area contributed by atoms with Gasteiger partial charge in [-0.3, -0.25) is 4.90 Å². The van der Waals surface area contributed by atoms with Gasteiger partial charge >= 0.3 is 12.1 Å². The first-order valence-electron chi connectivity index (χ1n) is 10.1. The van der Waals surface area contributed by atoms with E-state index < -0.39 is 12.1 Å². The number of nitrogens with zero attached hydrogens (tertiary/aromatic N) is 1. The van der Waals surface area contributed by atoms with Crippen LogP contribution in [0, 0.1) is 18.8 Å². The number of carboxylic acids is 1. The second-order valence-electron chi connectivity index (χ2n) is 7.94. The number of aryl methyl sites for hydroxylation is 1. The van der Waals surface area contributed by atoms with Crippen molar-refractivity contribution in [3.05, 3.63) is 23.7 Å². The topological polar surface area (TPSA) is 81.4 Å². The highest BCUT2D eigenvalue weighted by atomic mass is 19.4. The molecule has 1 aromatic rings. The van der Waals surface area contributed by atoms with E-state index in [1.807, 2.05) is 13.0 Å². The van der Waals surface area contributed by atoms with Gasteiger partial charge in [0.15, 0.2) is 0 Å². The molecule has 3 saturated heterocycles. The molecule has 7 nitrogen and oxygen atoms in total. The second-order valence-corrected chi connectivity index (χ2v) is 7.94. The van der Waals surface area contributed by atoms with E-state index in [0.717, 1.165) is 70.5 Å². The maximum absolute atomic E-state index is 10.6. The first kappa shape index (κ1) is 23.1. The molecule has 0 aromatic carbocycles. The fourth-order valence-corrected chi connectivity index (χ4v) is 4.09. The lowest BCUT2D eigenvalue weighted by Gasteiger charge is -2.25. The first-order valence-corrected chi connectivity index (χ1v) is 10.1. The van der Waals surface area contributed by atoms with Gasteiger partial charge in [-0.25, -0.2) is 4.79 Å². The number of ether oxygens (including phenoxy) is 3. The number of carboxylic acid groups (broad SMARTS) is 1. The van der Waals surface area contributed by atoms with Crippen LogP contribution in [0.5, 0.6) is 0 Å². The van der Waals surface area contributed by atoms with Crippen LogP contribution in [0.4, 0.5) is 13.2 Å². The molecule has 0 aliphatic carbocycles. The highest BCUT2D eigenvalue weighted by molar-refractivity contribution is 5.73. The van der Waals surface area contributed by atoms with Crippen LogP contribution in [-0.4, -0.2) is 73.9 Å². The first-order chi connectivity index (χ1) is 14.2. The van der Waals surface area contributed by atoms with Gasteiger partial charge in [0, 0.05) is 31.7 Å². The molecule has 0 saturated carbocycles. The van der Waals surface area contributed by atoms with E-state index >= 15 is 0 Å². The smallest absolute Gasteiger partial charge is 0.475 e. The number of rotatable bonds is 5. The van der Waals surface area contributed by atoms with Crippen molar-refractivity contribution in [1.82, 2.24) is 4.90 Å². The maximum Gasteiger partial charge on any atom is 0.490 e. The van der Waals surface area contributed by atoms with E-state index in [1.54, 1.807) is 0 Å². The predicted octanol–water partition coefficient (Wildman–Crippen LogP) is 2.86. The number of hydrogen-bond acceptors (Lipinski definition) is 6. The lowest BCUT2D eigenvalue weighted by atomic mass is 10.00. The summed E-state index contributed by atoms with van der Waals surface area (Å²) in [6.07, 6.45) is -2.53. The van der Waals surface area contributed by atoms with E-state index in [2.05, 4.69) is 11.0 Å². The molecule has 0 spiro atoms. The zero-order valence-electron chi connectivity index (χ0n) is 16.9. The molecular weight excluding hydrogens is 407 g/mol. The van der Waals surface area contributed by atoms with Crippen LogP contribution in [0.3, 0.4) is 0 Å². The Morgan fingerprint density at radius 2 is 1.93 bits per heavy atom. The summed E-state index contributed by atoms with van der Waals surface area (Å²) >= 11 is 0. The van der Waals surface area contributed by atoms with E-state index in [0.29, 0.717) is 24.0 Å². The monoisotopic (exact) mass is 435 g/mol. The molecule has 3 fully saturated rings. The van der Waals surface area contributed by atoms with Crippen LogP contribution in [0.15, 0.2) is 16.5 Å². The number of alkyl halides is 3. The van der Waals surface area contributed by atoms with E-state index in [-0.39, 0.29) is 0 Å². The van der Waals surface area contributed by atoms with Crippen molar-refractivity contribution in [1.29, 1.82) is 0 Å². The Balaban J connectivity index is 0.000000318. The lowest BCUT2D eigenvalue weighted by molar-refractivity contribution is -0.192. The average molecular weight is 435 g/mol. The van der Waals surface area contributed by atoms with Gasteiger partial charge in [-0.1, -0.05) is 0 Å². The van der Waals surface area contributed by atoms with E-state index in [1.165, 1.54) is 0 Å². The number of carbonyl (C=O) groups is 1. The van der Waals surface area contributed by atoms with Gasteiger partial charge in [-0.2, -0.15) is 13.2 Å². The SMILES string of the molecule is Cc1ccc(CN2C[C@H](OCC3CCOCC3)[C@H]3COC[C@H]32)o1.O=C(O)C(F)(F)F. The summed E-state index contributed by atoms with van der Waals surface area (Å²) in [5.41, 5.74) is 0. The number of furan rings is 1. The summed E-state index contributed by atoms with van der Waals surface area (Å²) in [5.74, 6) is 0.425. The molecule has 0 radical (unpaired) electrons. The van der Waals surface area contributed by atoms with Gasteiger partial charge in [0.25, 0.3) is 0 Å². The third kappa shape index (κ3) is 6.19. The van der Waals surface area contributed by atoms with Crippen LogP contribution < -0.4 is 0 Å². The summed E-state index contributed by atoms with van der Waals surface area (Å²) in [4.78, 5) is 11.4. The van der Waals surface area contributed by atoms with Crippen molar-refractivity contribution < 1.29 is 41.7 Å². The third-order valence-electron chi connectivity index (χ3n) is 5.74. The number of likely N-dealkylation sites (tertiary alicyclic amines) is 1. The Morgan fingerprint density at radius 1 is 1.23 bits per heavy atom. The third-order valence-corrected chi connectivity index (χ3v) is 5.74. The Bertz CT molecular complexity index is 688. The van der Waals surface area contributed by atoms with Crippen molar-refractivity contribution in [3.8, 4) is 0 Å². The minimum absolute atomic E-state index is 0.293. The molecule has 0 unspecified atom stereocenters. The normalized spacial score (nSPS) is 27.5. The fraction of sp³-hybridized carbons (Fsp3) is 0.750. The van der Waals surface area contributed by atoms with Gasteiger partial charge in [0.1, 0.15) is 11.5 Å². The number of halogens is 3. The minimum Gasteiger partial charge on any atom is -0.475 e. The summed E-state index contributed by atoms with van der Waals surface area (Å²) in [6, 6.07) is 4.59. The molecule has 170 valence electrons. The molecule has 3 aliphatic heterocycles. The average Bonchev–Trinajstić information content (AvgIpc) is 3.40. The van der Waals surface area contributed by atoms with Gasteiger partial charge in [-0.05, 0) is 37.8 Å². The molecule has 3 aliphatic rings. The predicted molar refractivity (Wildman–Crippen MR) is 98.9 cm³/mol. The summed E-state index contributed by atoms with van der Waals surface area (Å²) in [7, 11) is 0. The maximum atomic E-state index is 10.6. The van der Waals surface area contributed by atoms with Crippen molar-refractivity contribution in [3.63, 3.8) is 0 Å². The van der Waals surface area contributed by atoms with Crippen molar-refractivity contribution in [2.24, 2.45) is 11.8 Å². The van der Waals surface area contributed by atoms with Gasteiger partial charge in [0.2, 0.25) is 0 Å². The lowest BCUT2D eigenvalue weighted by Crippen LogP contribution is -2.32. The van der Waals surface area contributed by atoms with Crippen LogP contribution in [0.1, 0.15) is 24.4 Å². The number of fused-ring (bicyclic) bond motifs is 1. The summed E-state index contributed by atoms with van der Waals surface area (Å²) in [5, 5.41) is 7.12. The van der Waals surface area contributed by atoms with Crippen molar-refractivity contribution in [2.45, 2.75) is 44.6 Å². The fourth-order valence-electron chi connectivity index (χ4n) is 4.09. The van der Waals surface area contributed by atoms with Crippen LogP contribution in [0.2, 0.25) is 0 Å². The van der Waals surface area contributed by atoms with Crippen molar-refractivity contribution in [2.75, 3.05) is 39.6 Å². The minimum atomic E-state index is -5.08. The molecular formula is C20H28F3NO6. The molecule has 3 atom stereocenters. The molecule has 30 heavy (non-hydrogen) atoms. The molecule has 1 aromatic heterocycles. The van der Waals surface area contributed by atoms with Crippen LogP contribution in [0.25, 0.3) is 0 Å².